The fourth-order valence-corrected chi connectivity index (χ4v) is 2.85. The van der Waals surface area contributed by atoms with Crippen molar-refractivity contribution in [2.75, 3.05) is 5.33 Å². The zero-order valence-electron chi connectivity index (χ0n) is 8.81. The molecule has 2 heteroatoms. The summed E-state index contributed by atoms with van der Waals surface area (Å²) in [4.78, 5) is 0. The van der Waals surface area contributed by atoms with E-state index in [1.807, 2.05) is 0 Å². The van der Waals surface area contributed by atoms with Crippen LogP contribution in [0.4, 0.5) is 0 Å². The van der Waals surface area contributed by atoms with Gasteiger partial charge in [0, 0.05) is 5.33 Å². The molecule has 0 aliphatic heterocycles. The van der Waals surface area contributed by atoms with Crippen molar-refractivity contribution in [3.63, 3.8) is 0 Å². The Morgan fingerprint density at radius 1 is 1.15 bits per heavy atom. The molecule has 13 heavy (non-hydrogen) atoms. The van der Waals surface area contributed by atoms with Gasteiger partial charge in [-0.25, -0.2) is 0 Å². The van der Waals surface area contributed by atoms with Crippen LogP contribution in [0.25, 0.3) is 0 Å². The molecule has 1 saturated carbocycles. The third-order valence-electron chi connectivity index (χ3n) is 2.74. The highest BCUT2D eigenvalue weighted by atomic mass is 79.9. The smallest absolute Gasteiger partial charge is 0.0782 e. The SMILES string of the molecule is CC(C)OC1(CBr)CCCCCC1. The Bertz CT molecular complexity index is 137. The minimum Gasteiger partial charge on any atom is -0.371 e. The van der Waals surface area contributed by atoms with E-state index in [9.17, 15) is 0 Å². The summed E-state index contributed by atoms with van der Waals surface area (Å²) in [6, 6.07) is 0. The Hall–Kier alpha value is 0.440. The summed E-state index contributed by atoms with van der Waals surface area (Å²) < 4.78 is 6.06. The lowest BCUT2D eigenvalue weighted by Gasteiger charge is -2.33. The monoisotopic (exact) mass is 248 g/mol. The summed E-state index contributed by atoms with van der Waals surface area (Å²) in [6.07, 6.45) is 8.26. The lowest BCUT2D eigenvalue weighted by atomic mass is 9.96. The quantitative estimate of drug-likeness (QED) is 0.544. The van der Waals surface area contributed by atoms with Crippen LogP contribution in [-0.2, 0) is 4.74 Å². The van der Waals surface area contributed by atoms with Crippen LogP contribution in [0.2, 0.25) is 0 Å². The summed E-state index contributed by atoms with van der Waals surface area (Å²) in [5.41, 5.74) is 0.144. The molecule has 1 rings (SSSR count). The van der Waals surface area contributed by atoms with Crippen molar-refractivity contribution in [1.82, 2.24) is 0 Å². The molecule has 0 N–H and O–H groups in total. The lowest BCUT2D eigenvalue weighted by molar-refractivity contribution is -0.0723. The minimum atomic E-state index is 0.144. The summed E-state index contributed by atoms with van der Waals surface area (Å²) >= 11 is 3.61. The number of alkyl halides is 1. The molecule has 0 aromatic carbocycles. The zero-order chi connectivity index (χ0) is 9.73. The molecular weight excluding hydrogens is 228 g/mol. The fourth-order valence-electron chi connectivity index (χ4n) is 2.16. The van der Waals surface area contributed by atoms with E-state index in [0.717, 1.165) is 5.33 Å². The average molecular weight is 249 g/mol. The molecule has 1 aliphatic carbocycles. The average Bonchev–Trinajstić information content (AvgIpc) is 2.30. The van der Waals surface area contributed by atoms with Crippen molar-refractivity contribution in [3.8, 4) is 0 Å². The van der Waals surface area contributed by atoms with E-state index < -0.39 is 0 Å². The minimum absolute atomic E-state index is 0.144. The second kappa shape index (κ2) is 5.35. The third kappa shape index (κ3) is 3.59. The van der Waals surface area contributed by atoms with Crippen molar-refractivity contribution >= 4 is 15.9 Å². The maximum Gasteiger partial charge on any atom is 0.0782 e. The Kier molecular flexibility index (Phi) is 4.74. The number of hydrogen-bond acceptors (Lipinski definition) is 1. The van der Waals surface area contributed by atoms with Gasteiger partial charge in [-0.3, -0.25) is 0 Å². The number of halogens is 1. The van der Waals surface area contributed by atoms with Crippen LogP contribution in [0.1, 0.15) is 52.4 Å². The first kappa shape index (κ1) is 11.5. The zero-order valence-corrected chi connectivity index (χ0v) is 10.4. The second-order valence-electron chi connectivity index (χ2n) is 4.40. The molecule has 1 aliphatic rings. The van der Waals surface area contributed by atoms with Crippen molar-refractivity contribution in [1.29, 1.82) is 0 Å². The van der Waals surface area contributed by atoms with Gasteiger partial charge in [0.15, 0.2) is 0 Å². The fraction of sp³-hybridized carbons (Fsp3) is 1.00. The van der Waals surface area contributed by atoms with E-state index in [4.69, 9.17) is 4.74 Å². The Labute approximate surface area is 90.4 Å². The largest absolute Gasteiger partial charge is 0.371 e. The highest BCUT2D eigenvalue weighted by molar-refractivity contribution is 9.09. The molecule has 0 saturated heterocycles. The molecule has 0 aromatic heterocycles. The summed E-state index contributed by atoms with van der Waals surface area (Å²) in [7, 11) is 0. The topological polar surface area (TPSA) is 9.23 Å². The first-order valence-electron chi connectivity index (χ1n) is 5.42. The molecule has 0 radical (unpaired) electrons. The molecular formula is C11H21BrO. The Morgan fingerprint density at radius 2 is 1.69 bits per heavy atom. The van der Waals surface area contributed by atoms with Crippen molar-refractivity contribution in [3.05, 3.63) is 0 Å². The van der Waals surface area contributed by atoms with Crippen LogP contribution >= 0.6 is 15.9 Å². The van der Waals surface area contributed by atoms with Gasteiger partial charge in [0.2, 0.25) is 0 Å². The molecule has 78 valence electrons. The van der Waals surface area contributed by atoms with Crippen molar-refractivity contribution in [2.45, 2.75) is 64.1 Å². The second-order valence-corrected chi connectivity index (χ2v) is 4.96. The van der Waals surface area contributed by atoms with Crippen LogP contribution in [0.3, 0.4) is 0 Å². The molecule has 1 fully saturated rings. The van der Waals surface area contributed by atoms with Gasteiger partial charge in [0.05, 0.1) is 11.7 Å². The predicted octanol–water partition coefficient (Wildman–Crippen LogP) is 3.90. The van der Waals surface area contributed by atoms with Crippen LogP contribution < -0.4 is 0 Å². The highest BCUT2D eigenvalue weighted by Gasteiger charge is 2.31. The van der Waals surface area contributed by atoms with Crippen LogP contribution in [0.15, 0.2) is 0 Å². The van der Waals surface area contributed by atoms with Crippen LogP contribution in [0.5, 0.6) is 0 Å². The molecule has 0 spiro atoms. The summed E-state index contributed by atoms with van der Waals surface area (Å²) in [5, 5.41) is 0.998. The number of ether oxygens (including phenoxy) is 1. The lowest BCUT2D eigenvalue weighted by Crippen LogP contribution is -2.36. The normalized spacial score (nSPS) is 23.1. The number of hydrogen-bond donors (Lipinski definition) is 0. The van der Waals surface area contributed by atoms with Gasteiger partial charge in [-0.2, -0.15) is 0 Å². The van der Waals surface area contributed by atoms with Crippen LogP contribution in [-0.4, -0.2) is 17.0 Å². The van der Waals surface area contributed by atoms with E-state index >= 15 is 0 Å². The van der Waals surface area contributed by atoms with Gasteiger partial charge >= 0.3 is 0 Å². The molecule has 0 aromatic rings. The van der Waals surface area contributed by atoms with E-state index in [0.29, 0.717) is 6.10 Å². The molecule has 1 nitrogen and oxygen atoms in total. The maximum absolute atomic E-state index is 6.06. The van der Waals surface area contributed by atoms with Crippen molar-refractivity contribution in [2.24, 2.45) is 0 Å². The predicted molar refractivity (Wildman–Crippen MR) is 60.4 cm³/mol. The molecule has 0 heterocycles. The Balaban J connectivity index is 2.53. The first-order chi connectivity index (χ1) is 6.18. The summed E-state index contributed by atoms with van der Waals surface area (Å²) in [5.74, 6) is 0. The first-order valence-corrected chi connectivity index (χ1v) is 6.54. The van der Waals surface area contributed by atoms with Gasteiger partial charge < -0.3 is 4.74 Å². The molecule has 0 amide bonds. The highest BCUT2D eigenvalue weighted by Crippen LogP contribution is 2.33. The Morgan fingerprint density at radius 3 is 2.08 bits per heavy atom. The van der Waals surface area contributed by atoms with Crippen molar-refractivity contribution < 1.29 is 4.74 Å². The molecule has 0 unspecified atom stereocenters. The van der Waals surface area contributed by atoms with Gasteiger partial charge in [-0.15, -0.1) is 0 Å². The molecule has 0 atom stereocenters. The van der Waals surface area contributed by atoms with E-state index in [2.05, 4.69) is 29.8 Å². The van der Waals surface area contributed by atoms with Gasteiger partial charge in [0.1, 0.15) is 0 Å². The molecule has 0 bridgehead atoms. The van der Waals surface area contributed by atoms with Gasteiger partial charge in [0.25, 0.3) is 0 Å². The number of rotatable bonds is 3. The van der Waals surface area contributed by atoms with Gasteiger partial charge in [-0.05, 0) is 26.7 Å². The van der Waals surface area contributed by atoms with E-state index in [-0.39, 0.29) is 5.60 Å². The van der Waals surface area contributed by atoms with Crippen LogP contribution in [0, 0.1) is 0 Å². The van der Waals surface area contributed by atoms with Gasteiger partial charge in [-0.1, -0.05) is 41.6 Å². The maximum atomic E-state index is 6.06. The van der Waals surface area contributed by atoms with E-state index in [1.54, 1.807) is 0 Å². The third-order valence-corrected chi connectivity index (χ3v) is 3.77. The van der Waals surface area contributed by atoms with E-state index in [1.165, 1.54) is 38.5 Å². The standard InChI is InChI=1S/C11H21BrO/c1-10(2)13-11(9-12)7-5-3-4-6-8-11/h10H,3-9H2,1-2H3. The summed E-state index contributed by atoms with van der Waals surface area (Å²) in [6.45, 7) is 4.27.